The largest absolute Gasteiger partial charge is 0.315 e. The van der Waals surface area contributed by atoms with E-state index in [0.29, 0.717) is 17.5 Å². The first kappa shape index (κ1) is 20.0. The molecule has 3 rings (SSSR count). The van der Waals surface area contributed by atoms with Crippen LogP contribution >= 0.6 is 0 Å². The van der Waals surface area contributed by atoms with Crippen LogP contribution in [0.4, 0.5) is 0 Å². The summed E-state index contributed by atoms with van der Waals surface area (Å²) < 4.78 is 28.2. The average Bonchev–Trinajstić information content (AvgIpc) is 2.70. The Kier molecular flexibility index (Phi) is 6.42. The SMILES string of the molecule is C#Cc1cncc2ccc(S(=O)(=O)N[C@H](C)CNCCc3ccccc3)cc12. The molecule has 0 bridgehead atoms. The fraction of sp³-hybridized carbons (Fsp3) is 0.227. The third-order valence-electron chi connectivity index (χ3n) is 4.44. The maximum Gasteiger partial charge on any atom is 0.240 e. The molecule has 0 aliphatic carbocycles. The van der Waals surface area contributed by atoms with E-state index in [1.165, 1.54) is 5.56 Å². The van der Waals surface area contributed by atoms with Gasteiger partial charge in [-0.15, -0.1) is 6.42 Å². The highest BCUT2D eigenvalue weighted by Crippen LogP contribution is 2.21. The molecule has 1 atom stereocenters. The number of hydrogen-bond acceptors (Lipinski definition) is 4. The molecular formula is C22H23N3O2S. The van der Waals surface area contributed by atoms with Gasteiger partial charge in [-0.25, -0.2) is 13.1 Å². The zero-order chi connectivity index (χ0) is 20.0. The fourth-order valence-electron chi connectivity index (χ4n) is 3.00. The molecule has 28 heavy (non-hydrogen) atoms. The summed E-state index contributed by atoms with van der Waals surface area (Å²) in [5.41, 5.74) is 1.82. The lowest BCUT2D eigenvalue weighted by molar-refractivity contribution is 0.537. The summed E-state index contributed by atoms with van der Waals surface area (Å²) in [7, 11) is -3.64. The molecule has 3 aromatic rings. The van der Waals surface area contributed by atoms with Crippen LogP contribution in [0.1, 0.15) is 18.1 Å². The van der Waals surface area contributed by atoms with E-state index >= 15 is 0 Å². The first-order valence-corrected chi connectivity index (χ1v) is 10.6. The van der Waals surface area contributed by atoms with Crippen LogP contribution in [0.25, 0.3) is 10.8 Å². The van der Waals surface area contributed by atoms with Crippen LogP contribution in [0.3, 0.4) is 0 Å². The molecule has 2 aromatic carbocycles. The number of sulfonamides is 1. The number of nitrogens with zero attached hydrogens (tertiary/aromatic N) is 1. The van der Waals surface area contributed by atoms with Gasteiger partial charge in [0.05, 0.1) is 10.5 Å². The second-order valence-electron chi connectivity index (χ2n) is 6.68. The summed E-state index contributed by atoms with van der Waals surface area (Å²) in [6, 6.07) is 14.8. The monoisotopic (exact) mass is 393 g/mol. The van der Waals surface area contributed by atoms with E-state index in [1.54, 1.807) is 30.6 Å². The Bertz CT molecular complexity index is 1090. The van der Waals surface area contributed by atoms with Gasteiger partial charge in [-0.3, -0.25) is 4.98 Å². The van der Waals surface area contributed by atoms with Gasteiger partial charge in [-0.2, -0.15) is 0 Å². The summed E-state index contributed by atoms with van der Waals surface area (Å²) in [5, 5.41) is 4.81. The number of rotatable bonds is 8. The molecule has 0 amide bonds. The molecule has 0 saturated carbocycles. The number of terminal acetylenes is 1. The predicted molar refractivity (Wildman–Crippen MR) is 112 cm³/mol. The summed E-state index contributed by atoms with van der Waals surface area (Å²) in [6.07, 6.45) is 9.63. The summed E-state index contributed by atoms with van der Waals surface area (Å²) >= 11 is 0. The van der Waals surface area contributed by atoms with E-state index in [-0.39, 0.29) is 10.9 Å². The quantitative estimate of drug-likeness (QED) is 0.456. The molecule has 0 aliphatic heterocycles. The topological polar surface area (TPSA) is 71.1 Å². The maximum absolute atomic E-state index is 12.7. The highest BCUT2D eigenvalue weighted by molar-refractivity contribution is 7.89. The Hall–Kier alpha value is -2.72. The lowest BCUT2D eigenvalue weighted by atomic mass is 10.1. The molecule has 0 aliphatic rings. The number of hydrogen-bond donors (Lipinski definition) is 2. The second-order valence-corrected chi connectivity index (χ2v) is 8.39. The summed E-state index contributed by atoms with van der Waals surface area (Å²) in [6.45, 7) is 3.16. The zero-order valence-corrected chi connectivity index (χ0v) is 16.5. The van der Waals surface area contributed by atoms with Crippen molar-refractivity contribution in [3.63, 3.8) is 0 Å². The van der Waals surface area contributed by atoms with E-state index in [2.05, 4.69) is 33.1 Å². The van der Waals surface area contributed by atoms with Gasteiger partial charge >= 0.3 is 0 Å². The van der Waals surface area contributed by atoms with Crippen molar-refractivity contribution in [1.29, 1.82) is 0 Å². The molecule has 1 aromatic heterocycles. The summed E-state index contributed by atoms with van der Waals surface area (Å²) in [5.74, 6) is 2.55. The van der Waals surface area contributed by atoms with Crippen molar-refractivity contribution in [1.82, 2.24) is 15.0 Å². The van der Waals surface area contributed by atoms with Crippen molar-refractivity contribution in [2.45, 2.75) is 24.3 Å². The van der Waals surface area contributed by atoms with Crippen molar-refractivity contribution in [3.05, 3.63) is 72.1 Å². The molecule has 0 radical (unpaired) electrons. The van der Waals surface area contributed by atoms with Crippen LogP contribution in [-0.4, -0.2) is 32.5 Å². The van der Waals surface area contributed by atoms with Crippen LogP contribution in [0, 0.1) is 12.3 Å². The van der Waals surface area contributed by atoms with Gasteiger partial charge in [-0.05, 0) is 37.6 Å². The minimum Gasteiger partial charge on any atom is -0.315 e. The lowest BCUT2D eigenvalue weighted by Crippen LogP contribution is -2.40. The van der Waals surface area contributed by atoms with Gasteiger partial charge in [0.2, 0.25) is 10.0 Å². The Morgan fingerprint density at radius 1 is 1.14 bits per heavy atom. The minimum atomic E-state index is -3.64. The van der Waals surface area contributed by atoms with Crippen LogP contribution in [0.15, 0.2) is 65.8 Å². The second kappa shape index (κ2) is 8.98. The van der Waals surface area contributed by atoms with Gasteiger partial charge in [0.1, 0.15) is 0 Å². The number of pyridine rings is 1. The first-order valence-electron chi connectivity index (χ1n) is 9.11. The highest BCUT2D eigenvalue weighted by atomic mass is 32.2. The van der Waals surface area contributed by atoms with Crippen LogP contribution < -0.4 is 10.0 Å². The third kappa shape index (κ3) is 4.96. The smallest absolute Gasteiger partial charge is 0.240 e. The Morgan fingerprint density at radius 3 is 2.68 bits per heavy atom. The standard InChI is InChI=1S/C22H23N3O2S/c1-3-19-15-24-16-20-9-10-21(13-22(19)20)28(26,27)25-17(2)14-23-12-11-18-7-5-4-6-8-18/h1,4-10,13,15-17,23,25H,11-12,14H2,2H3/t17-/m1/s1. The minimum absolute atomic E-state index is 0.193. The average molecular weight is 394 g/mol. The Morgan fingerprint density at radius 2 is 1.93 bits per heavy atom. The zero-order valence-electron chi connectivity index (χ0n) is 15.7. The molecule has 0 spiro atoms. The molecule has 5 nitrogen and oxygen atoms in total. The van der Waals surface area contributed by atoms with Gasteiger partial charge in [0, 0.05) is 35.8 Å². The van der Waals surface area contributed by atoms with Crippen molar-refractivity contribution in [2.75, 3.05) is 13.1 Å². The van der Waals surface area contributed by atoms with E-state index in [0.717, 1.165) is 18.4 Å². The van der Waals surface area contributed by atoms with E-state index < -0.39 is 10.0 Å². The molecule has 0 fully saturated rings. The molecule has 0 saturated heterocycles. The van der Waals surface area contributed by atoms with E-state index in [4.69, 9.17) is 6.42 Å². The van der Waals surface area contributed by atoms with Crippen molar-refractivity contribution in [3.8, 4) is 12.3 Å². The number of benzene rings is 2. The van der Waals surface area contributed by atoms with Crippen molar-refractivity contribution < 1.29 is 8.42 Å². The van der Waals surface area contributed by atoms with Crippen LogP contribution in [0.5, 0.6) is 0 Å². The first-order chi connectivity index (χ1) is 13.5. The molecule has 1 heterocycles. The molecule has 2 N–H and O–H groups in total. The fourth-order valence-corrected chi connectivity index (χ4v) is 4.26. The Balaban J connectivity index is 1.61. The number of aromatic nitrogens is 1. The molecule has 0 unspecified atom stereocenters. The van der Waals surface area contributed by atoms with Gasteiger partial charge in [-0.1, -0.05) is 42.3 Å². The molecular weight excluding hydrogens is 370 g/mol. The predicted octanol–water partition coefficient (Wildman–Crippen LogP) is 2.72. The Labute approximate surface area is 166 Å². The van der Waals surface area contributed by atoms with Gasteiger partial charge in [0.25, 0.3) is 0 Å². The van der Waals surface area contributed by atoms with Gasteiger partial charge < -0.3 is 5.32 Å². The number of fused-ring (bicyclic) bond motifs is 1. The van der Waals surface area contributed by atoms with E-state index in [9.17, 15) is 8.42 Å². The van der Waals surface area contributed by atoms with Crippen molar-refractivity contribution >= 4 is 20.8 Å². The molecule has 144 valence electrons. The normalized spacial score (nSPS) is 12.6. The van der Waals surface area contributed by atoms with Gasteiger partial charge in [0.15, 0.2) is 0 Å². The molecule has 6 heteroatoms. The third-order valence-corrected chi connectivity index (χ3v) is 6.03. The summed E-state index contributed by atoms with van der Waals surface area (Å²) in [4.78, 5) is 4.27. The van der Waals surface area contributed by atoms with Crippen LogP contribution in [-0.2, 0) is 16.4 Å². The van der Waals surface area contributed by atoms with E-state index in [1.807, 2.05) is 25.1 Å². The maximum atomic E-state index is 12.7. The van der Waals surface area contributed by atoms with Crippen LogP contribution in [0.2, 0.25) is 0 Å². The highest BCUT2D eigenvalue weighted by Gasteiger charge is 2.18. The number of nitrogens with one attached hydrogen (secondary N) is 2. The van der Waals surface area contributed by atoms with Crippen molar-refractivity contribution in [2.24, 2.45) is 0 Å². The lowest BCUT2D eigenvalue weighted by Gasteiger charge is -2.15.